The summed E-state index contributed by atoms with van der Waals surface area (Å²) in [6, 6.07) is 6.95. The number of benzene rings is 2. The van der Waals surface area contributed by atoms with Crippen LogP contribution in [0.1, 0.15) is 16.9 Å². The Labute approximate surface area is 155 Å². The van der Waals surface area contributed by atoms with Crippen molar-refractivity contribution in [1.82, 2.24) is 5.16 Å². The third-order valence-corrected chi connectivity index (χ3v) is 5.20. The summed E-state index contributed by atoms with van der Waals surface area (Å²) in [6.45, 7) is 3.18. The van der Waals surface area contributed by atoms with Gasteiger partial charge in [-0.1, -0.05) is 22.3 Å². The van der Waals surface area contributed by atoms with Crippen LogP contribution < -0.4 is 0 Å². The van der Waals surface area contributed by atoms with Crippen LogP contribution in [-0.2, 0) is 16.4 Å². The number of hydrogen-bond acceptors (Lipinski definition) is 5. The average molecular weight is 393 g/mol. The van der Waals surface area contributed by atoms with Gasteiger partial charge in [0.1, 0.15) is 28.8 Å². The van der Waals surface area contributed by atoms with Gasteiger partial charge in [-0.15, -0.1) is 0 Å². The molecule has 1 N–H and O–H groups in total. The summed E-state index contributed by atoms with van der Waals surface area (Å²) < 4.78 is 57.4. The number of aliphatic hydroxyl groups is 1. The Morgan fingerprint density at radius 1 is 1.04 bits per heavy atom. The molecule has 5 nitrogen and oxygen atoms in total. The maximum Gasteiger partial charge on any atom is 0.178 e. The normalized spacial score (nSPS) is 11.8. The molecular formula is C19H17F2NO4S. The average Bonchev–Trinajstić information content (AvgIpc) is 2.98. The lowest BCUT2D eigenvalue weighted by atomic mass is 9.96. The molecule has 0 aliphatic rings. The molecule has 1 aromatic heterocycles. The van der Waals surface area contributed by atoms with E-state index in [1.165, 1.54) is 0 Å². The molecule has 3 aromatic rings. The monoisotopic (exact) mass is 393 g/mol. The van der Waals surface area contributed by atoms with E-state index in [-0.39, 0.29) is 22.6 Å². The van der Waals surface area contributed by atoms with Gasteiger partial charge >= 0.3 is 0 Å². The molecule has 3 rings (SSSR count). The van der Waals surface area contributed by atoms with Gasteiger partial charge in [0.2, 0.25) is 0 Å². The largest absolute Gasteiger partial charge is 0.388 e. The van der Waals surface area contributed by atoms with Gasteiger partial charge < -0.3 is 9.63 Å². The van der Waals surface area contributed by atoms with Crippen LogP contribution in [0.3, 0.4) is 0 Å². The van der Waals surface area contributed by atoms with Gasteiger partial charge in [0.05, 0.1) is 5.56 Å². The van der Waals surface area contributed by atoms with Gasteiger partial charge in [-0.3, -0.25) is 0 Å². The minimum absolute atomic E-state index is 0.0467. The molecule has 0 spiro atoms. The number of rotatable bonds is 4. The highest BCUT2D eigenvalue weighted by Crippen LogP contribution is 2.38. The molecule has 8 heteroatoms. The summed E-state index contributed by atoms with van der Waals surface area (Å²) in [5, 5.41) is 13.5. The first-order valence-corrected chi connectivity index (χ1v) is 9.88. The highest BCUT2D eigenvalue weighted by atomic mass is 32.2. The van der Waals surface area contributed by atoms with E-state index in [0.717, 1.165) is 23.4 Å². The quantitative estimate of drug-likeness (QED) is 0.729. The molecule has 0 fully saturated rings. The molecule has 0 radical (unpaired) electrons. The standard InChI is InChI=1S/C19H17F2NO4S/c1-10-4-11(2)6-12(5-10)19-18(16(9-23)26-22-19)13-7-15(21)17(8-14(13)20)27(3,24)25/h4-8,23H,9H2,1-3H3. The van der Waals surface area contributed by atoms with Crippen molar-refractivity contribution in [1.29, 1.82) is 0 Å². The van der Waals surface area contributed by atoms with Gasteiger partial charge in [-0.05, 0) is 38.1 Å². The van der Waals surface area contributed by atoms with Crippen molar-refractivity contribution in [2.45, 2.75) is 25.3 Å². The Bertz CT molecular complexity index is 1120. The summed E-state index contributed by atoms with van der Waals surface area (Å²) in [7, 11) is -3.93. The molecule has 0 aliphatic carbocycles. The maximum absolute atomic E-state index is 14.7. The Balaban J connectivity index is 2.29. The zero-order valence-electron chi connectivity index (χ0n) is 14.9. The van der Waals surface area contributed by atoms with E-state index in [9.17, 15) is 22.3 Å². The van der Waals surface area contributed by atoms with Gasteiger partial charge in [0.15, 0.2) is 15.6 Å². The summed E-state index contributed by atoms with van der Waals surface area (Å²) in [5.41, 5.74) is 2.56. The van der Waals surface area contributed by atoms with Crippen molar-refractivity contribution in [2.75, 3.05) is 6.26 Å². The van der Waals surface area contributed by atoms with Crippen LogP contribution in [0.15, 0.2) is 39.8 Å². The molecule has 0 aliphatic heterocycles. The highest BCUT2D eigenvalue weighted by Gasteiger charge is 2.25. The minimum Gasteiger partial charge on any atom is -0.388 e. The van der Waals surface area contributed by atoms with Crippen LogP contribution in [0.2, 0.25) is 0 Å². The van der Waals surface area contributed by atoms with Crippen molar-refractivity contribution in [3.63, 3.8) is 0 Å². The Morgan fingerprint density at radius 3 is 2.22 bits per heavy atom. The Morgan fingerprint density at radius 2 is 1.67 bits per heavy atom. The smallest absolute Gasteiger partial charge is 0.178 e. The second-order valence-corrected chi connectivity index (χ2v) is 8.38. The van der Waals surface area contributed by atoms with E-state index in [4.69, 9.17) is 4.52 Å². The molecule has 0 amide bonds. The van der Waals surface area contributed by atoms with Crippen LogP contribution in [0.5, 0.6) is 0 Å². The molecule has 0 atom stereocenters. The van der Waals surface area contributed by atoms with Crippen LogP contribution in [-0.4, -0.2) is 24.9 Å². The molecule has 0 saturated carbocycles. The van der Waals surface area contributed by atoms with Crippen LogP contribution in [0.4, 0.5) is 8.78 Å². The van der Waals surface area contributed by atoms with Gasteiger partial charge in [-0.25, -0.2) is 17.2 Å². The van der Waals surface area contributed by atoms with E-state index in [1.54, 1.807) is 12.1 Å². The summed E-state index contributed by atoms with van der Waals surface area (Å²) in [5.74, 6) is -2.10. The number of aryl methyl sites for hydroxylation is 2. The molecule has 27 heavy (non-hydrogen) atoms. The zero-order chi connectivity index (χ0) is 19.9. The fourth-order valence-electron chi connectivity index (χ4n) is 3.02. The SMILES string of the molecule is Cc1cc(C)cc(-c2noc(CO)c2-c2cc(F)c(S(C)(=O)=O)cc2F)c1. The van der Waals surface area contributed by atoms with Crippen molar-refractivity contribution < 1.29 is 26.8 Å². The maximum atomic E-state index is 14.7. The fraction of sp³-hybridized carbons (Fsp3) is 0.211. The third-order valence-electron chi connectivity index (χ3n) is 4.09. The van der Waals surface area contributed by atoms with E-state index in [2.05, 4.69) is 5.16 Å². The highest BCUT2D eigenvalue weighted by molar-refractivity contribution is 7.90. The van der Waals surface area contributed by atoms with Crippen molar-refractivity contribution >= 4 is 9.84 Å². The van der Waals surface area contributed by atoms with Gasteiger partial charge in [-0.2, -0.15) is 0 Å². The van der Waals surface area contributed by atoms with Crippen LogP contribution in [0, 0.1) is 25.5 Å². The number of nitrogens with zero attached hydrogens (tertiary/aromatic N) is 1. The van der Waals surface area contributed by atoms with Crippen molar-refractivity contribution in [2.24, 2.45) is 0 Å². The van der Waals surface area contributed by atoms with Gasteiger partial charge in [0, 0.05) is 17.4 Å². The van der Waals surface area contributed by atoms with Gasteiger partial charge in [0.25, 0.3) is 0 Å². The molecular weight excluding hydrogens is 376 g/mol. The van der Waals surface area contributed by atoms with E-state index in [0.29, 0.717) is 11.6 Å². The molecule has 142 valence electrons. The number of sulfone groups is 1. The molecule has 2 aromatic carbocycles. The Hall–Kier alpha value is -2.58. The Kier molecular flexibility index (Phi) is 4.88. The molecule has 0 saturated heterocycles. The molecule has 1 heterocycles. The lowest BCUT2D eigenvalue weighted by Gasteiger charge is -2.09. The molecule has 0 bridgehead atoms. The summed E-state index contributed by atoms with van der Waals surface area (Å²) >= 11 is 0. The summed E-state index contributed by atoms with van der Waals surface area (Å²) in [6.07, 6.45) is 0.796. The zero-order valence-corrected chi connectivity index (χ0v) is 15.7. The first-order chi connectivity index (χ1) is 12.6. The van der Waals surface area contributed by atoms with Crippen molar-refractivity contribution in [3.05, 3.63) is 58.9 Å². The number of hydrogen-bond donors (Lipinski definition) is 1. The first-order valence-electron chi connectivity index (χ1n) is 7.99. The number of aliphatic hydroxyl groups excluding tert-OH is 1. The predicted octanol–water partition coefficient (Wildman–Crippen LogP) is 3.80. The minimum atomic E-state index is -3.93. The van der Waals surface area contributed by atoms with Crippen LogP contribution in [0.25, 0.3) is 22.4 Å². The van der Waals surface area contributed by atoms with E-state index >= 15 is 0 Å². The van der Waals surface area contributed by atoms with E-state index < -0.39 is 33.0 Å². The number of aromatic nitrogens is 1. The second-order valence-electron chi connectivity index (χ2n) is 6.40. The second kappa shape index (κ2) is 6.86. The molecule has 0 unspecified atom stereocenters. The lowest BCUT2D eigenvalue weighted by molar-refractivity contribution is 0.230. The van der Waals surface area contributed by atoms with E-state index in [1.807, 2.05) is 19.9 Å². The lowest BCUT2D eigenvalue weighted by Crippen LogP contribution is -2.03. The fourth-order valence-corrected chi connectivity index (χ4v) is 3.75. The van der Waals surface area contributed by atoms with Crippen molar-refractivity contribution in [3.8, 4) is 22.4 Å². The third kappa shape index (κ3) is 3.63. The summed E-state index contributed by atoms with van der Waals surface area (Å²) in [4.78, 5) is -0.737. The predicted molar refractivity (Wildman–Crippen MR) is 95.8 cm³/mol. The number of halogens is 2. The van der Waals surface area contributed by atoms with Crippen LogP contribution >= 0.6 is 0 Å². The first kappa shape index (κ1) is 19.2. The topological polar surface area (TPSA) is 80.4 Å².